The van der Waals surface area contributed by atoms with Gasteiger partial charge in [0.05, 0.1) is 6.07 Å². The van der Waals surface area contributed by atoms with Crippen LogP contribution in [0.25, 0.3) is 0 Å². The van der Waals surface area contributed by atoms with Gasteiger partial charge in [0.2, 0.25) is 0 Å². The van der Waals surface area contributed by atoms with E-state index in [1.807, 2.05) is 0 Å². The van der Waals surface area contributed by atoms with E-state index in [0.717, 1.165) is 19.3 Å². The van der Waals surface area contributed by atoms with Crippen LogP contribution in [-0.4, -0.2) is 11.6 Å². The van der Waals surface area contributed by atoms with E-state index in [1.54, 1.807) is 24.3 Å². The molecule has 1 aliphatic carbocycles. The van der Waals surface area contributed by atoms with Gasteiger partial charge in [0.25, 0.3) is 0 Å². The van der Waals surface area contributed by atoms with Crippen LogP contribution in [0.1, 0.15) is 32.1 Å². The molecule has 1 aromatic rings. The summed E-state index contributed by atoms with van der Waals surface area (Å²) >= 11 is 5.85. The minimum absolute atomic E-state index is 0.356. The Balaban J connectivity index is 1.99. The maximum Gasteiger partial charge on any atom is 0.320 e. The monoisotopic (exact) mass is 277 g/mol. The van der Waals surface area contributed by atoms with E-state index in [1.165, 1.54) is 0 Å². The van der Waals surface area contributed by atoms with Gasteiger partial charge in [-0.25, -0.2) is 4.79 Å². The van der Waals surface area contributed by atoms with Crippen LogP contribution in [0.5, 0.6) is 0 Å². The molecule has 1 aromatic carbocycles. The van der Waals surface area contributed by atoms with Crippen LogP contribution < -0.4 is 10.6 Å². The van der Waals surface area contributed by atoms with Gasteiger partial charge < -0.3 is 10.6 Å². The summed E-state index contributed by atoms with van der Waals surface area (Å²) in [6.45, 7) is 0. The highest BCUT2D eigenvalue weighted by Crippen LogP contribution is 2.27. The Bertz CT molecular complexity index is 504. The number of nitrogens with one attached hydrogen (secondary N) is 2. The molecule has 0 heterocycles. The molecule has 1 saturated carbocycles. The minimum Gasteiger partial charge on any atom is -0.319 e. The lowest BCUT2D eigenvalue weighted by Gasteiger charge is -2.31. The molecule has 0 atom stereocenters. The van der Waals surface area contributed by atoms with E-state index < -0.39 is 5.54 Å². The Morgan fingerprint density at radius 1 is 1.32 bits per heavy atom. The first kappa shape index (κ1) is 13.7. The number of anilines is 1. The van der Waals surface area contributed by atoms with E-state index in [-0.39, 0.29) is 6.03 Å². The van der Waals surface area contributed by atoms with E-state index in [2.05, 4.69) is 16.7 Å². The SMILES string of the molecule is N#CC1(NC(=O)Nc2cccc(Cl)c2)CCCCC1. The number of amides is 2. The van der Waals surface area contributed by atoms with E-state index in [4.69, 9.17) is 11.6 Å². The van der Waals surface area contributed by atoms with E-state index in [9.17, 15) is 10.1 Å². The number of nitriles is 1. The van der Waals surface area contributed by atoms with Crippen molar-refractivity contribution in [3.05, 3.63) is 29.3 Å². The van der Waals surface area contributed by atoms with Crippen molar-refractivity contribution in [2.75, 3.05) is 5.32 Å². The summed E-state index contributed by atoms with van der Waals surface area (Å²) < 4.78 is 0. The number of rotatable bonds is 2. The zero-order valence-corrected chi connectivity index (χ0v) is 11.3. The van der Waals surface area contributed by atoms with Gasteiger partial charge in [0.15, 0.2) is 0 Å². The second kappa shape index (κ2) is 5.94. The summed E-state index contributed by atoms with van der Waals surface area (Å²) in [5.74, 6) is 0. The van der Waals surface area contributed by atoms with Gasteiger partial charge in [-0.05, 0) is 31.0 Å². The van der Waals surface area contributed by atoms with Gasteiger partial charge in [0, 0.05) is 10.7 Å². The Morgan fingerprint density at radius 3 is 2.68 bits per heavy atom. The summed E-state index contributed by atoms with van der Waals surface area (Å²) in [6, 6.07) is 8.82. The lowest BCUT2D eigenvalue weighted by atomic mass is 9.83. The lowest BCUT2D eigenvalue weighted by Crippen LogP contribution is -2.50. The highest BCUT2D eigenvalue weighted by Gasteiger charge is 2.33. The maximum absolute atomic E-state index is 11.9. The number of hydrogen-bond acceptors (Lipinski definition) is 2. The van der Waals surface area contributed by atoms with Crippen LogP contribution in [0.15, 0.2) is 24.3 Å². The molecular formula is C14H16ClN3O. The third-order valence-corrected chi connectivity index (χ3v) is 3.59. The van der Waals surface area contributed by atoms with Gasteiger partial charge in [-0.3, -0.25) is 0 Å². The number of halogens is 1. The predicted molar refractivity (Wildman–Crippen MR) is 75.0 cm³/mol. The van der Waals surface area contributed by atoms with Crippen LogP contribution in [0.4, 0.5) is 10.5 Å². The molecular weight excluding hydrogens is 262 g/mol. The summed E-state index contributed by atoms with van der Waals surface area (Å²) in [7, 11) is 0. The number of carbonyl (C=O) groups excluding carboxylic acids is 1. The molecule has 1 aliphatic rings. The number of hydrogen-bond donors (Lipinski definition) is 2. The third kappa shape index (κ3) is 3.62. The highest BCUT2D eigenvalue weighted by atomic mass is 35.5. The quantitative estimate of drug-likeness (QED) is 0.866. The van der Waals surface area contributed by atoms with Gasteiger partial charge in [-0.2, -0.15) is 5.26 Å². The Morgan fingerprint density at radius 2 is 2.05 bits per heavy atom. The molecule has 1 fully saturated rings. The summed E-state index contributed by atoms with van der Waals surface area (Å²) in [6.07, 6.45) is 4.51. The van der Waals surface area contributed by atoms with Gasteiger partial charge in [-0.1, -0.05) is 36.9 Å². The van der Waals surface area contributed by atoms with Crippen LogP contribution >= 0.6 is 11.6 Å². The molecule has 2 rings (SSSR count). The van der Waals surface area contributed by atoms with Crippen LogP contribution in [0, 0.1) is 11.3 Å². The van der Waals surface area contributed by atoms with Gasteiger partial charge >= 0.3 is 6.03 Å². The highest BCUT2D eigenvalue weighted by molar-refractivity contribution is 6.30. The summed E-state index contributed by atoms with van der Waals surface area (Å²) in [5, 5.41) is 15.3. The summed E-state index contributed by atoms with van der Waals surface area (Å²) in [5.41, 5.74) is -0.102. The van der Waals surface area contributed by atoms with Crippen molar-refractivity contribution < 1.29 is 4.79 Å². The molecule has 2 amide bonds. The maximum atomic E-state index is 11.9. The molecule has 0 spiro atoms. The Kier molecular flexibility index (Phi) is 4.28. The molecule has 19 heavy (non-hydrogen) atoms. The Hall–Kier alpha value is -1.73. The first-order valence-corrected chi connectivity index (χ1v) is 6.77. The fraction of sp³-hybridized carbons (Fsp3) is 0.429. The van der Waals surface area contributed by atoms with Crippen LogP contribution in [0.3, 0.4) is 0 Å². The topological polar surface area (TPSA) is 64.9 Å². The lowest BCUT2D eigenvalue weighted by molar-refractivity contribution is 0.233. The van der Waals surface area contributed by atoms with Crippen molar-refractivity contribution in [2.45, 2.75) is 37.6 Å². The predicted octanol–water partition coefficient (Wildman–Crippen LogP) is 3.69. The number of nitrogens with zero attached hydrogens (tertiary/aromatic N) is 1. The second-order valence-electron chi connectivity index (χ2n) is 4.84. The number of carbonyl (C=O) groups is 1. The normalized spacial score (nSPS) is 17.3. The molecule has 100 valence electrons. The van der Waals surface area contributed by atoms with Crippen molar-refractivity contribution in [3.63, 3.8) is 0 Å². The smallest absolute Gasteiger partial charge is 0.319 e. The molecule has 5 heteroatoms. The van der Waals surface area contributed by atoms with Crippen molar-refractivity contribution in [3.8, 4) is 6.07 Å². The van der Waals surface area contributed by atoms with Crippen LogP contribution in [0.2, 0.25) is 5.02 Å². The first-order valence-electron chi connectivity index (χ1n) is 6.40. The minimum atomic E-state index is -0.721. The average molecular weight is 278 g/mol. The molecule has 0 aliphatic heterocycles. The summed E-state index contributed by atoms with van der Waals surface area (Å²) in [4.78, 5) is 11.9. The third-order valence-electron chi connectivity index (χ3n) is 3.36. The fourth-order valence-electron chi connectivity index (χ4n) is 2.37. The first-order chi connectivity index (χ1) is 9.13. The average Bonchev–Trinajstić information content (AvgIpc) is 2.39. The molecule has 2 N–H and O–H groups in total. The van der Waals surface area contributed by atoms with Crippen molar-refractivity contribution in [1.29, 1.82) is 5.26 Å². The molecule has 0 radical (unpaired) electrons. The number of urea groups is 1. The zero-order chi connectivity index (χ0) is 13.7. The van der Waals surface area contributed by atoms with E-state index >= 15 is 0 Å². The van der Waals surface area contributed by atoms with Crippen molar-refractivity contribution in [2.24, 2.45) is 0 Å². The molecule has 0 saturated heterocycles. The zero-order valence-electron chi connectivity index (χ0n) is 10.6. The molecule has 4 nitrogen and oxygen atoms in total. The van der Waals surface area contributed by atoms with Crippen molar-refractivity contribution >= 4 is 23.3 Å². The van der Waals surface area contributed by atoms with Crippen LogP contribution in [-0.2, 0) is 0 Å². The number of benzene rings is 1. The molecule has 0 unspecified atom stereocenters. The van der Waals surface area contributed by atoms with Gasteiger partial charge in [0.1, 0.15) is 5.54 Å². The molecule has 0 bridgehead atoms. The fourth-order valence-corrected chi connectivity index (χ4v) is 2.56. The Labute approximate surface area is 117 Å². The standard InChI is InChI=1S/C14H16ClN3O/c15-11-5-4-6-12(9-11)17-13(19)18-14(10-16)7-2-1-3-8-14/h4-6,9H,1-3,7-8H2,(H2,17,18,19). The van der Waals surface area contributed by atoms with E-state index in [0.29, 0.717) is 23.6 Å². The molecule has 0 aromatic heterocycles. The van der Waals surface area contributed by atoms with Crippen molar-refractivity contribution in [1.82, 2.24) is 5.32 Å². The largest absolute Gasteiger partial charge is 0.320 e. The second-order valence-corrected chi connectivity index (χ2v) is 5.28. The van der Waals surface area contributed by atoms with Gasteiger partial charge in [-0.15, -0.1) is 0 Å².